The summed E-state index contributed by atoms with van der Waals surface area (Å²) in [5.41, 5.74) is 0.450. The molecule has 7 heteroatoms. The van der Waals surface area contributed by atoms with Crippen LogP contribution in [-0.4, -0.2) is 22.7 Å². The van der Waals surface area contributed by atoms with Crippen LogP contribution in [0.1, 0.15) is 11.7 Å². The number of pyridine rings is 1. The topological polar surface area (TPSA) is 74.2 Å². The fraction of sp³-hybridized carbons (Fsp3) is 0.143. The molecule has 1 unspecified atom stereocenters. The molecule has 3 N–H and O–H groups in total. The molecule has 0 spiro atoms. The van der Waals surface area contributed by atoms with Gasteiger partial charge in [0.15, 0.2) is 5.82 Å². The second kappa shape index (κ2) is 6.76. The number of hydrogen-bond donors (Lipinski definition) is 3. The highest BCUT2D eigenvalue weighted by molar-refractivity contribution is 5.89. The maximum Gasteiger partial charge on any atom is 0.319 e. The first-order chi connectivity index (χ1) is 10.1. The van der Waals surface area contributed by atoms with Crippen molar-refractivity contribution in [3.63, 3.8) is 0 Å². The van der Waals surface area contributed by atoms with E-state index in [1.54, 1.807) is 0 Å². The molecule has 0 saturated carbocycles. The van der Waals surface area contributed by atoms with Gasteiger partial charge in [-0.25, -0.2) is 13.6 Å². The molecule has 1 atom stereocenters. The van der Waals surface area contributed by atoms with E-state index in [0.717, 1.165) is 6.20 Å². The van der Waals surface area contributed by atoms with Gasteiger partial charge in [0.05, 0.1) is 18.0 Å². The van der Waals surface area contributed by atoms with Gasteiger partial charge in [-0.15, -0.1) is 0 Å². The van der Waals surface area contributed by atoms with Gasteiger partial charge in [0.1, 0.15) is 5.82 Å². The molecule has 0 fully saturated rings. The van der Waals surface area contributed by atoms with Crippen LogP contribution >= 0.6 is 0 Å². The lowest BCUT2D eigenvalue weighted by Gasteiger charge is -2.13. The molecular formula is C14H13F2N3O2. The zero-order chi connectivity index (χ0) is 15.2. The van der Waals surface area contributed by atoms with E-state index < -0.39 is 23.8 Å². The monoisotopic (exact) mass is 293 g/mol. The fourth-order valence-electron chi connectivity index (χ4n) is 1.64. The van der Waals surface area contributed by atoms with Crippen LogP contribution in [0.4, 0.5) is 19.3 Å². The maximum absolute atomic E-state index is 13.3. The first-order valence-corrected chi connectivity index (χ1v) is 6.14. The Morgan fingerprint density at radius 1 is 1.24 bits per heavy atom. The lowest BCUT2D eigenvalue weighted by molar-refractivity contribution is 0.175. The van der Waals surface area contributed by atoms with Crippen molar-refractivity contribution in [1.29, 1.82) is 0 Å². The standard InChI is InChI=1S/C14H13F2N3O2/c15-10-3-1-9(2-4-10)13(20)8-18-14(21)19-12-5-6-17-7-11(12)16/h1-7,13,20H,8H2,(H2,17,18,19,21). The summed E-state index contributed by atoms with van der Waals surface area (Å²) in [6, 6.07) is 5.91. The van der Waals surface area contributed by atoms with Crippen molar-refractivity contribution in [1.82, 2.24) is 10.3 Å². The highest BCUT2D eigenvalue weighted by atomic mass is 19.1. The predicted molar refractivity (Wildman–Crippen MR) is 72.6 cm³/mol. The lowest BCUT2D eigenvalue weighted by Crippen LogP contribution is -2.32. The number of anilines is 1. The predicted octanol–water partition coefficient (Wildman–Crippen LogP) is 2.21. The van der Waals surface area contributed by atoms with Crippen molar-refractivity contribution in [2.24, 2.45) is 0 Å². The van der Waals surface area contributed by atoms with Crippen LogP contribution in [0.3, 0.4) is 0 Å². The van der Waals surface area contributed by atoms with Crippen molar-refractivity contribution in [3.8, 4) is 0 Å². The highest BCUT2D eigenvalue weighted by Gasteiger charge is 2.11. The second-order valence-corrected chi connectivity index (χ2v) is 4.26. The van der Waals surface area contributed by atoms with Crippen molar-refractivity contribution < 1.29 is 18.7 Å². The van der Waals surface area contributed by atoms with Gasteiger partial charge >= 0.3 is 6.03 Å². The van der Waals surface area contributed by atoms with E-state index in [1.807, 2.05) is 0 Å². The number of amides is 2. The summed E-state index contributed by atoms with van der Waals surface area (Å²) in [4.78, 5) is 15.1. The minimum Gasteiger partial charge on any atom is -0.387 e. The number of rotatable bonds is 4. The fourth-order valence-corrected chi connectivity index (χ4v) is 1.64. The van der Waals surface area contributed by atoms with E-state index in [4.69, 9.17) is 0 Å². The minimum atomic E-state index is -0.987. The van der Waals surface area contributed by atoms with Crippen LogP contribution in [0.2, 0.25) is 0 Å². The minimum absolute atomic E-state index is 0.0150. The van der Waals surface area contributed by atoms with Crippen LogP contribution in [0, 0.1) is 11.6 Å². The number of nitrogens with zero attached hydrogens (tertiary/aromatic N) is 1. The largest absolute Gasteiger partial charge is 0.387 e. The molecule has 5 nitrogen and oxygen atoms in total. The van der Waals surface area contributed by atoms with E-state index in [2.05, 4.69) is 15.6 Å². The van der Waals surface area contributed by atoms with Gasteiger partial charge < -0.3 is 15.7 Å². The average Bonchev–Trinajstić information content (AvgIpc) is 2.48. The molecule has 0 radical (unpaired) electrons. The number of hydrogen-bond acceptors (Lipinski definition) is 3. The molecular weight excluding hydrogens is 280 g/mol. The molecule has 0 aliphatic heterocycles. The van der Waals surface area contributed by atoms with Crippen LogP contribution in [-0.2, 0) is 0 Å². The SMILES string of the molecule is O=C(NCC(O)c1ccc(F)cc1)Nc1ccncc1F. The van der Waals surface area contributed by atoms with Gasteiger partial charge in [-0.3, -0.25) is 4.98 Å². The molecule has 2 aromatic rings. The van der Waals surface area contributed by atoms with Crippen molar-refractivity contribution in [3.05, 3.63) is 59.9 Å². The zero-order valence-electron chi connectivity index (χ0n) is 10.9. The summed E-state index contributed by atoms with van der Waals surface area (Å²) in [7, 11) is 0. The van der Waals surface area contributed by atoms with E-state index in [9.17, 15) is 18.7 Å². The van der Waals surface area contributed by atoms with Gasteiger partial charge in [0.25, 0.3) is 0 Å². The maximum atomic E-state index is 13.3. The first-order valence-electron chi connectivity index (χ1n) is 6.14. The Hall–Kier alpha value is -2.54. The summed E-state index contributed by atoms with van der Waals surface area (Å²) >= 11 is 0. The molecule has 2 rings (SSSR count). The van der Waals surface area contributed by atoms with E-state index >= 15 is 0 Å². The Morgan fingerprint density at radius 2 is 1.95 bits per heavy atom. The van der Waals surface area contributed by atoms with Gasteiger partial charge in [-0.1, -0.05) is 12.1 Å². The number of urea groups is 1. The van der Waals surface area contributed by atoms with Crippen molar-refractivity contribution in [2.45, 2.75) is 6.10 Å². The third-order valence-electron chi connectivity index (χ3n) is 2.73. The van der Waals surface area contributed by atoms with E-state index in [1.165, 1.54) is 36.5 Å². The van der Waals surface area contributed by atoms with Crippen LogP contribution in [0.5, 0.6) is 0 Å². The number of aliphatic hydroxyl groups is 1. The molecule has 0 bridgehead atoms. The molecule has 0 saturated heterocycles. The molecule has 1 aromatic heterocycles. The van der Waals surface area contributed by atoms with Gasteiger partial charge in [-0.05, 0) is 23.8 Å². The Bertz CT molecular complexity index is 620. The quantitative estimate of drug-likeness (QED) is 0.809. The number of halogens is 2. The molecule has 1 aromatic carbocycles. The number of nitrogens with one attached hydrogen (secondary N) is 2. The first kappa shape index (κ1) is 14.9. The number of carbonyl (C=O) groups excluding carboxylic acids is 1. The molecule has 0 aliphatic rings. The third kappa shape index (κ3) is 4.22. The molecule has 21 heavy (non-hydrogen) atoms. The van der Waals surface area contributed by atoms with Crippen molar-refractivity contribution >= 4 is 11.7 Å². The Balaban J connectivity index is 1.86. The summed E-state index contributed by atoms with van der Waals surface area (Å²) in [6.07, 6.45) is 1.33. The van der Waals surface area contributed by atoms with Crippen molar-refractivity contribution in [2.75, 3.05) is 11.9 Å². The molecule has 110 valence electrons. The number of carbonyl (C=O) groups is 1. The molecule has 2 amide bonds. The van der Waals surface area contributed by atoms with E-state index in [-0.39, 0.29) is 12.2 Å². The second-order valence-electron chi connectivity index (χ2n) is 4.26. The summed E-state index contributed by atoms with van der Waals surface area (Å²) in [6.45, 7) is -0.0931. The summed E-state index contributed by atoms with van der Waals surface area (Å²) in [5, 5.41) is 14.5. The highest BCUT2D eigenvalue weighted by Crippen LogP contribution is 2.13. The van der Waals surface area contributed by atoms with Gasteiger partial charge in [-0.2, -0.15) is 0 Å². The van der Waals surface area contributed by atoms with Crippen LogP contribution in [0.15, 0.2) is 42.7 Å². The number of aromatic nitrogens is 1. The number of benzene rings is 1. The van der Waals surface area contributed by atoms with Gasteiger partial charge in [0.2, 0.25) is 0 Å². The third-order valence-corrected chi connectivity index (χ3v) is 2.73. The molecule has 1 heterocycles. The zero-order valence-corrected chi connectivity index (χ0v) is 10.9. The molecule has 0 aliphatic carbocycles. The van der Waals surface area contributed by atoms with E-state index in [0.29, 0.717) is 5.56 Å². The summed E-state index contributed by atoms with van der Waals surface area (Å²) in [5.74, 6) is -1.07. The Kier molecular flexibility index (Phi) is 4.78. The van der Waals surface area contributed by atoms with Crippen LogP contribution < -0.4 is 10.6 Å². The van der Waals surface area contributed by atoms with Crippen LogP contribution in [0.25, 0.3) is 0 Å². The normalized spacial score (nSPS) is 11.8. The number of aliphatic hydroxyl groups excluding tert-OH is 1. The van der Waals surface area contributed by atoms with Gasteiger partial charge in [0, 0.05) is 12.7 Å². The summed E-state index contributed by atoms with van der Waals surface area (Å²) < 4.78 is 26.0. The lowest BCUT2D eigenvalue weighted by atomic mass is 10.1. The smallest absolute Gasteiger partial charge is 0.319 e. The Morgan fingerprint density at radius 3 is 2.62 bits per heavy atom. The Labute approximate surface area is 119 Å². The average molecular weight is 293 g/mol.